The first-order valence-corrected chi connectivity index (χ1v) is 7.91. The molecule has 1 atom stereocenters. The molecular weight excluding hydrogens is 336 g/mol. The fourth-order valence-corrected chi connectivity index (χ4v) is 2.49. The number of benzene rings is 1. The summed E-state index contributed by atoms with van der Waals surface area (Å²) in [5.41, 5.74) is 3.41. The Bertz CT molecular complexity index is 569. The van der Waals surface area contributed by atoms with E-state index >= 15 is 0 Å². The minimum Gasteiger partial charge on any atom is -0.377 e. The minimum absolute atomic E-state index is 0.277. The largest absolute Gasteiger partial charge is 0.377 e. The van der Waals surface area contributed by atoms with Crippen molar-refractivity contribution in [3.8, 4) is 0 Å². The van der Waals surface area contributed by atoms with Gasteiger partial charge in [-0.1, -0.05) is 37.1 Å². The lowest BCUT2D eigenvalue weighted by molar-refractivity contribution is 0.677. The Morgan fingerprint density at radius 3 is 2.60 bits per heavy atom. The van der Waals surface area contributed by atoms with Crippen molar-refractivity contribution < 1.29 is 0 Å². The van der Waals surface area contributed by atoms with E-state index in [1.165, 1.54) is 5.56 Å². The molecule has 0 spiro atoms. The van der Waals surface area contributed by atoms with Crippen LogP contribution in [-0.4, -0.2) is 4.98 Å². The molecule has 1 aromatic carbocycles. The average Bonchev–Trinajstić information content (AvgIpc) is 2.43. The highest BCUT2D eigenvalue weighted by atomic mass is 79.9. The van der Waals surface area contributed by atoms with Crippen LogP contribution in [0.25, 0.3) is 0 Å². The van der Waals surface area contributed by atoms with E-state index in [9.17, 15) is 0 Å². The normalized spacial score (nSPS) is 12.2. The molecule has 106 valence electrons. The van der Waals surface area contributed by atoms with E-state index in [0.717, 1.165) is 33.7 Å². The summed E-state index contributed by atoms with van der Waals surface area (Å²) in [6.45, 7) is 4.23. The van der Waals surface area contributed by atoms with Gasteiger partial charge in [-0.25, -0.2) is 4.98 Å². The third-order valence-corrected chi connectivity index (χ3v) is 4.29. The Morgan fingerprint density at radius 1 is 1.30 bits per heavy atom. The fraction of sp³-hybridized carbons (Fsp3) is 0.312. The van der Waals surface area contributed by atoms with Crippen molar-refractivity contribution in [3.63, 3.8) is 0 Å². The van der Waals surface area contributed by atoms with Crippen LogP contribution in [0.5, 0.6) is 0 Å². The van der Waals surface area contributed by atoms with E-state index < -0.39 is 0 Å². The van der Waals surface area contributed by atoms with Gasteiger partial charge in [0, 0.05) is 5.02 Å². The first-order valence-electron chi connectivity index (χ1n) is 6.74. The summed E-state index contributed by atoms with van der Waals surface area (Å²) in [5, 5.41) is 4.33. The molecule has 2 rings (SSSR count). The molecule has 2 aromatic rings. The molecule has 1 aromatic heterocycles. The standard InChI is InChI=1S/C16H18BrClN2/c1-3-4-15(12-5-7-13(18)8-6-12)20-14-9-11(2)16(17)19-10-14/h5-10,15,20H,3-4H2,1-2H3. The van der Waals surface area contributed by atoms with Gasteiger partial charge in [-0.05, 0) is 58.6 Å². The monoisotopic (exact) mass is 352 g/mol. The van der Waals surface area contributed by atoms with Gasteiger partial charge in [0.2, 0.25) is 0 Å². The number of rotatable bonds is 5. The van der Waals surface area contributed by atoms with Crippen LogP contribution in [0.15, 0.2) is 41.1 Å². The van der Waals surface area contributed by atoms with Gasteiger partial charge in [0.05, 0.1) is 17.9 Å². The zero-order valence-corrected chi connectivity index (χ0v) is 14.0. The van der Waals surface area contributed by atoms with Gasteiger partial charge in [-0.3, -0.25) is 0 Å². The van der Waals surface area contributed by atoms with Crippen molar-refractivity contribution in [1.82, 2.24) is 4.98 Å². The molecule has 1 unspecified atom stereocenters. The van der Waals surface area contributed by atoms with E-state index in [4.69, 9.17) is 11.6 Å². The quantitative estimate of drug-likeness (QED) is 0.691. The lowest BCUT2D eigenvalue weighted by Crippen LogP contribution is -2.11. The van der Waals surface area contributed by atoms with Crippen LogP contribution in [0.2, 0.25) is 5.02 Å². The number of halogens is 2. The first-order chi connectivity index (χ1) is 9.60. The summed E-state index contributed by atoms with van der Waals surface area (Å²) in [7, 11) is 0. The van der Waals surface area contributed by atoms with Crippen molar-refractivity contribution in [3.05, 3.63) is 57.3 Å². The number of pyridine rings is 1. The van der Waals surface area contributed by atoms with Gasteiger partial charge in [0.1, 0.15) is 4.60 Å². The summed E-state index contributed by atoms with van der Waals surface area (Å²) in [5.74, 6) is 0. The van der Waals surface area contributed by atoms with E-state index in [-0.39, 0.29) is 6.04 Å². The Kier molecular flexibility index (Phi) is 5.44. The molecule has 0 aliphatic heterocycles. The lowest BCUT2D eigenvalue weighted by atomic mass is 10.0. The van der Waals surface area contributed by atoms with Crippen LogP contribution >= 0.6 is 27.5 Å². The molecule has 4 heteroatoms. The second-order valence-electron chi connectivity index (χ2n) is 4.87. The number of anilines is 1. The fourth-order valence-electron chi connectivity index (χ4n) is 2.14. The molecule has 20 heavy (non-hydrogen) atoms. The van der Waals surface area contributed by atoms with Crippen molar-refractivity contribution in [2.75, 3.05) is 5.32 Å². The smallest absolute Gasteiger partial charge is 0.109 e. The average molecular weight is 354 g/mol. The summed E-state index contributed by atoms with van der Waals surface area (Å²) in [6.07, 6.45) is 4.04. The second kappa shape index (κ2) is 7.09. The number of aromatic nitrogens is 1. The topological polar surface area (TPSA) is 24.9 Å². The van der Waals surface area contributed by atoms with Crippen LogP contribution < -0.4 is 5.32 Å². The predicted octanol–water partition coefficient (Wildman–Crippen LogP) is 5.76. The van der Waals surface area contributed by atoms with E-state index in [1.54, 1.807) is 0 Å². The van der Waals surface area contributed by atoms with E-state index in [1.807, 2.05) is 25.3 Å². The third kappa shape index (κ3) is 3.97. The number of hydrogen-bond acceptors (Lipinski definition) is 2. The summed E-state index contributed by atoms with van der Waals surface area (Å²) in [4.78, 5) is 4.33. The maximum absolute atomic E-state index is 5.96. The van der Waals surface area contributed by atoms with Gasteiger partial charge >= 0.3 is 0 Å². The maximum Gasteiger partial charge on any atom is 0.109 e. The Labute approximate surface area is 133 Å². The zero-order valence-electron chi connectivity index (χ0n) is 11.7. The molecule has 0 aliphatic carbocycles. The number of nitrogens with zero attached hydrogens (tertiary/aromatic N) is 1. The zero-order chi connectivity index (χ0) is 14.5. The Morgan fingerprint density at radius 2 is 2.00 bits per heavy atom. The number of aryl methyl sites for hydroxylation is 1. The minimum atomic E-state index is 0.277. The van der Waals surface area contributed by atoms with Crippen molar-refractivity contribution >= 4 is 33.2 Å². The highest BCUT2D eigenvalue weighted by molar-refractivity contribution is 9.10. The molecule has 0 aliphatic rings. The summed E-state index contributed by atoms with van der Waals surface area (Å²) in [6, 6.07) is 10.4. The highest BCUT2D eigenvalue weighted by Crippen LogP contribution is 2.26. The molecular formula is C16H18BrClN2. The summed E-state index contributed by atoms with van der Waals surface area (Å²) < 4.78 is 0.890. The summed E-state index contributed by atoms with van der Waals surface area (Å²) >= 11 is 9.38. The first kappa shape index (κ1) is 15.3. The van der Waals surface area contributed by atoms with E-state index in [0.29, 0.717) is 0 Å². The number of hydrogen-bond donors (Lipinski definition) is 1. The maximum atomic E-state index is 5.96. The molecule has 0 saturated carbocycles. The molecule has 0 saturated heterocycles. The third-order valence-electron chi connectivity index (χ3n) is 3.21. The molecule has 1 heterocycles. The van der Waals surface area contributed by atoms with Gasteiger partial charge in [0.25, 0.3) is 0 Å². The number of nitrogens with one attached hydrogen (secondary N) is 1. The van der Waals surface area contributed by atoms with Crippen LogP contribution in [0.1, 0.15) is 36.9 Å². The SMILES string of the molecule is CCCC(Nc1cnc(Br)c(C)c1)c1ccc(Cl)cc1. The molecule has 0 bridgehead atoms. The van der Waals surface area contributed by atoms with Crippen LogP contribution in [0.3, 0.4) is 0 Å². The van der Waals surface area contributed by atoms with E-state index in [2.05, 4.69) is 51.4 Å². The Hall–Kier alpha value is -1.06. The highest BCUT2D eigenvalue weighted by Gasteiger charge is 2.11. The lowest BCUT2D eigenvalue weighted by Gasteiger charge is -2.20. The van der Waals surface area contributed by atoms with Crippen LogP contribution in [-0.2, 0) is 0 Å². The predicted molar refractivity (Wildman–Crippen MR) is 89.4 cm³/mol. The van der Waals surface area contributed by atoms with Crippen molar-refractivity contribution in [1.29, 1.82) is 0 Å². The van der Waals surface area contributed by atoms with Crippen molar-refractivity contribution in [2.24, 2.45) is 0 Å². The molecule has 0 amide bonds. The Balaban J connectivity index is 2.20. The van der Waals surface area contributed by atoms with Gasteiger partial charge in [-0.15, -0.1) is 0 Å². The second-order valence-corrected chi connectivity index (χ2v) is 6.06. The van der Waals surface area contributed by atoms with Crippen molar-refractivity contribution in [2.45, 2.75) is 32.7 Å². The molecule has 0 fully saturated rings. The van der Waals surface area contributed by atoms with Crippen LogP contribution in [0.4, 0.5) is 5.69 Å². The van der Waals surface area contributed by atoms with Crippen LogP contribution in [0, 0.1) is 6.92 Å². The molecule has 1 N–H and O–H groups in total. The molecule has 0 radical (unpaired) electrons. The van der Waals surface area contributed by atoms with Gasteiger partial charge in [-0.2, -0.15) is 0 Å². The van der Waals surface area contributed by atoms with Gasteiger partial charge in [0.15, 0.2) is 0 Å². The molecule has 2 nitrogen and oxygen atoms in total. The van der Waals surface area contributed by atoms with Gasteiger partial charge < -0.3 is 5.32 Å².